The summed E-state index contributed by atoms with van der Waals surface area (Å²) in [6.07, 6.45) is 4.08. The molecule has 0 amide bonds. The Kier molecular flexibility index (Phi) is 1.84. The molecule has 0 unspecified atom stereocenters. The average molecular weight is 200 g/mol. The molecule has 3 rings (SSSR count). The minimum Gasteiger partial charge on any atom is -0.618 e. The molecule has 1 aromatic heterocycles. The molecule has 0 aliphatic heterocycles. The van der Waals surface area contributed by atoms with Crippen LogP contribution in [-0.4, -0.2) is 4.98 Å². The lowest BCUT2D eigenvalue weighted by atomic mass is 10.00. The van der Waals surface area contributed by atoms with E-state index in [-0.39, 0.29) is 0 Å². The van der Waals surface area contributed by atoms with Crippen LogP contribution in [0.15, 0.2) is 24.3 Å². The van der Waals surface area contributed by atoms with Crippen LogP contribution in [0.3, 0.4) is 0 Å². The molecule has 0 spiro atoms. The fourth-order valence-electron chi connectivity index (χ4n) is 2.23. The first-order valence-electron chi connectivity index (χ1n) is 5.36. The van der Waals surface area contributed by atoms with E-state index in [0.29, 0.717) is 5.52 Å². The lowest BCUT2D eigenvalue weighted by Gasteiger charge is -2.15. The van der Waals surface area contributed by atoms with Gasteiger partial charge in [0.1, 0.15) is 11.2 Å². The van der Waals surface area contributed by atoms with Crippen molar-refractivity contribution in [2.24, 2.45) is 0 Å². The Labute approximate surface area is 88.0 Å². The van der Waals surface area contributed by atoms with E-state index < -0.39 is 0 Å². The summed E-state index contributed by atoms with van der Waals surface area (Å²) >= 11 is 0. The maximum Gasteiger partial charge on any atom is 0.242 e. The maximum absolute atomic E-state index is 12.0. The van der Waals surface area contributed by atoms with Crippen LogP contribution >= 0.6 is 0 Å². The number of hydrogen-bond donors (Lipinski definition) is 0. The van der Waals surface area contributed by atoms with Crippen molar-refractivity contribution < 1.29 is 4.73 Å². The number of fused-ring (bicyclic) bond motifs is 2. The first kappa shape index (κ1) is 8.65. The van der Waals surface area contributed by atoms with Gasteiger partial charge >= 0.3 is 0 Å². The fraction of sp³-hybridized carbons (Fsp3) is 0.333. The molecule has 0 N–H and O–H groups in total. The molecule has 0 fully saturated rings. The highest BCUT2D eigenvalue weighted by Gasteiger charge is 2.21. The summed E-state index contributed by atoms with van der Waals surface area (Å²) in [7, 11) is 0. The fourth-order valence-corrected chi connectivity index (χ4v) is 2.23. The van der Waals surface area contributed by atoms with Crippen LogP contribution in [0.25, 0.3) is 11.0 Å². The topological polar surface area (TPSA) is 39.8 Å². The second-order valence-electron chi connectivity index (χ2n) is 4.00. The molecule has 15 heavy (non-hydrogen) atoms. The summed E-state index contributed by atoms with van der Waals surface area (Å²) in [6.45, 7) is 0. The molecular weight excluding hydrogens is 188 g/mol. The van der Waals surface area contributed by atoms with Gasteiger partial charge in [-0.05, 0) is 25.3 Å². The van der Waals surface area contributed by atoms with Gasteiger partial charge in [-0.3, -0.25) is 0 Å². The zero-order valence-electron chi connectivity index (χ0n) is 8.44. The Balaban J connectivity index is 2.36. The molecule has 3 nitrogen and oxygen atoms in total. The van der Waals surface area contributed by atoms with E-state index >= 15 is 0 Å². The second-order valence-corrected chi connectivity index (χ2v) is 4.00. The van der Waals surface area contributed by atoms with E-state index in [0.717, 1.165) is 47.3 Å². The predicted molar refractivity (Wildman–Crippen MR) is 57.3 cm³/mol. The molecular formula is C12H12N2O. The van der Waals surface area contributed by atoms with Crippen LogP contribution in [0.5, 0.6) is 0 Å². The van der Waals surface area contributed by atoms with Crippen molar-refractivity contribution in [1.82, 2.24) is 4.98 Å². The van der Waals surface area contributed by atoms with E-state index in [1.165, 1.54) is 0 Å². The molecule has 0 radical (unpaired) electrons. The van der Waals surface area contributed by atoms with E-state index in [1.54, 1.807) is 0 Å². The van der Waals surface area contributed by atoms with Crippen LogP contribution in [-0.2, 0) is 12.8 Å². The molecule has 2 aromatic rings. The molecule has 0 bridgehead atoms. The highest BCUT2D eigenvalue weighted by atomic mass is 16.5. The lowest BCUT2D eigenvalue weighted by Crippen LogP contribution is -2.36. The van der Waals surface area contributed by atoms with E-state index in [4.69, 9.17) is 0 Å². The predicted octanol–water partition coefficient (Wildman–Crippen LogP) is 1.75. The summed E-state index contributed by atoms with van der Waals surface area (Å²) in [5.74, 6) is 0. The van der Waals surface area contributed by atoms with Crippen molar-refractivity contribution in [2.75, 3.05) is 0 Å². The molecule has 1 aliphatic rings. The molecule has 1 heterocycles. The first-order valence-corrected chi connectivity index (χ1v) is 5.36. The quantitative estimate of drug-likeness (QED) is 0.480. The van der Waals surface area contributed by atoms with Gasteiger partial charge in [0, 0.05) is 12.5 Å². The number of aryl methyl sites for hydroxylation is 1. The normalized spacial score (nSPS) is 15.2. The van der Waals surface area contributed by atoms with Crippen molar-refractivity contribution in [3.63, 3.8) is 0 Å². The average Bonchev–Trinajstić information content (AvgIpc) is 2.30. The van der Waals surface area contributed by atoms with Gasteiger partial charge in [0.25, 0.3) is 0 Å². The van der Waals surface area contributed by atoms with Crippen molar-refractivity contribution in [1.29, 1.82) is 0 Å². The van der Waals surface area contributed by atoms with Crippen LogP contribution in [0.1, 0.15) is 24.2 Å². The molecule has 0 atom stereocenters. The minimum absolute atomic E-state index is 0.693. The third-order valence-electron chi connectivity index (χ3n) is 3.01. The largest absolute Gasteiger partial charge is 0.618 e. The SMILES string of the molecule is [O-][n+]1c2c(nc3ccccc31)CCCC2. The zero-order chi connectivity index (χ0) is 10.3. The van der Waals surface area contributed by atoms with Gasteiger partial charge in [0.15, 0.2) is 0 Å². The third kappa shape index (κ3) is 1.27. The number of rotatable bonds is 0. The van der Waals surface area contributed by atoms with Gasteiger partial charge in [-0.2, -0.15) is 4.73 Å². The Morgan fingerprint density at radius 1 is 1.13 bits per heavy atom. The van der Waals surface area contributed by atoms with Gasteiger partial charge < -0.3 is 5.21 Å². The summed E-state index contributed by atoms with van der Waals surface area (Å²) in [4.78, 5) is 4.56. The Hall–Kier alpha value is -1.64. The monoisotopic (exact) mass is 200 g/mol. The number of aromatic nitrogens is 2. The maximum atomic E-state index is 12.0. The highest BCUT2D eigenvalue weighted by molar-refractivity contribution is 5.70. The molecule has 1 aromatic carbocycles. The number of para-hydroxylation sites is 2. The zero-order valence-corrected chi connectivity index (χ0v) is 8.44. The molecule has 3 heteroatoms. The standard InChI is InChI=1S/C12H12N2O/c15-14-11-7-3-1-5-9(11)13-10-6-2-4-8-12(10)14/h1,3,5,7H,2,4,6,8H2. The summed E-state index contributed by atoms with van der Waals surface area (Å²) in [5, 5.41) is 12.0. The summed E-state index contributed by atoms with van der Waals surface area (Å²) < 4.78 is 1.07. The Bertz CT molecular complexity index is 522. The number of hydrogen-bond acceptors (Lipinski definition) is 2. The van der Waals surface area contributed by atoms with Crippen molar-refractivity contribution >= 4 is 11.0 Å². The van der Waals surface area contributed by atoms with Crippen molar-refractivity contribution in [2.45, 2.75) is 25.7 Å². The molecule has 1 aliphatic carbocycles. The number of benzene rings is 1. The molecule has 0 saturated heterocycles. The molecule has 0 saturated carbocycles. The van der Waals surface area contributed by atoms with E-state index in [9.17, 15) is 5.21 Å². The Morgan fingerprint density at radius 2 is 1.93 bits per heavy atom. The Morgan fingerprint density at radius 3 is 2.87 bits per heavy atom. The van der Waals surface area contributed by atoms with Crippen molar-refractivity contribution in [3.05, 3.63) is 40.9 Å². The van der Waals surface area contributed by atoms with E-state index in [2.05, 4.69) is 4.98 Å². The van der Waals surface area contributed by atoms with Crippen molar-refractivity contribution in [3.8, 4) is 0 Å². The van der Waals surface area contributed by atoms with Gasteiger partial charge in [-0.15, -0.1) is 0 Å². The summed E-state index contributed by atoms with van der Waals surface area (Å²) in [5.41, 5.74) is 3.38. The van der Waals surface area contributed by atoms with Gasteiger partial charge in [0.05, 0.1) is 0 Å². The van der Waals surface area contributed by atoms with Crippen LogP contribution in [0, 0.1) is 5.21 Å². The minimum atomic E-state index is 0.693. The third-order valence-corrected chi connectivity index (χ3v) is 3.01. The van der Waals surface area contributed by atoms with Gasteiger partial charge in [0.2, 0.25) is 11.2 Å². The highest BCUT2D eigenvalue weighted by Crippen LogP contribution is 2.19. The molecule has 76 valence electrons. The number of nitrogens with zero attached hydrogens (tertiary/aromatic N) is 2. The van der Waals surface area contributed by atoms with Crippen LogP contribution < -0.4 is 4.73 Å². The van der Waals surface area contributed by atoms with Gasteiger partial charge in [-0.1, -0.05) is 12.1 Å². The smallest absolute Gasteiger partial charge is 0.242 e. The first-order chi connectivity index (χ1) is 7.36. The van der Waals surface area contributed by atoms with E-state index in [1.807, 2.05) is 24.3 Å². The van der Waals surface area contributed by atoms with Gasteiger partial charge in [-0.25, -0.2) is 4.98 Å². The second kappa shape index (κ2) is 3.19. The summed E-state index contributed by atoms with van der Waals surface area (Å²) in [6, 6.07) is 7.54. The van der Waals surface area contributed by atoms with Crippen LogP contribution in [0.4, 0.5) is 0 Å². The van der Waals surface area contributed by atoms with Crippen LogP contribution in [0.2, 0.25) is 0 Å². The lowest BCUT2D eigenvalue weighted by molar-refractivity contribution is -0.587.